The number of amides is 2. The van der Waals surface area contributed by atoms with Gasteiger partial charge in [0.15, 0.2) is 0 Å². The molecule has 0 aliphatic carbocycles. The largest absolute Gasteiger partial charge is 0.350 e. The maximum atomic E-state index is 12.8. The number of hydrogen-bond donors (Lipinski definition) is 2. The summed E-state index contributed by atoms with van der Waals surface area (Å²) in [7, 11) is 0. The summed E-state index contributed by atoms with van der Waals surface area (Å²) in [6, 6.07) is 16.6. The van der Waals surface area contributed by atoms with E-state index in [1.807, 2.05) is 48.7 Å². The normalized spacial score (nSPS) is 11.3. The van der Waals surface area contributed by atoms with Crippen LogP contribution >= 0.6 is 46.3 Å². The molecule has 32 heavy (non-hydrogen) atoms. The van der Waals surface area contributed by atoms with Gasteiger partial charge < -0.3 is 10.6 Å². The minimum atomic E-state index is -0.324. The summed E-state index contributed by atoms with van der Waals surface area (Å²) in [5.41, 5.74) is 2.77. The van der Waals surface area contributed by atoms with Crippen LogP contribution in [-0.2, 0) is 10.5 Å². The summed E-state index contributed by atoms with van der Waals surface area (Å²) in [6.07, 6.45) is 1.69. The molecule has 0 atom stereocenters. The van der Waals surface area contributed by atoms with Crippen LogP contribution in [0.15, 0.2) is 65.7 Å². The quantitative estimate of drug-likeness (QED) is 0.270. The first-order valence-corrected chi connectivity index (χ1v) is 12.6. The monoisotopic (exact) mass is 504 g/mol. The number of rotatable bonds is 9. The third kappa shape index (κ3) is 7.41. The van der Waals surface area contributed by atoms with Crippen molar-refractivity contribution in [2.24, 2.45) is 0 Å². The van der Waals surface area contributed by atoms with Crippen molar-refractivity contribution in [3.8, 4) is 0 Å². The van der Waals surface area contributed by atoms with E-state index in [9.17, 15) is 9.59 Å². The van der Waals surface area contributed by atoms with Crippen LogP contribution in [0.3, 0.4) is 0 Å². The molecule has 0 unspecified atom stereocenters. The van der Waals surface area contributed by atoms with Gasteiger partial charge in [-0.25, -0.2) is 0 Å². The van der Waals surface area contributed by atoms with Crippen LogP contribution < -0.4 is 10.6 Å². The highest BCUT2D eigenvalue weighted by Crippen LogP contribution is 2.24. The van der Waals surface area contributed by atoms with Crippen LogP contribution in [0.4, 0.5) is 0 Å². The molecule has 3 aromatic rings. The predicted octanol–water partition coefficient (Wildman–Crippen LogP) is 6.18. The Hall–Kier alpha value is -2.25. The highest BCUT2D eigenvalue weighted by Gasteiger charge is 2.15. The van der Waals surface area contributed by atoms with Gasteiger partial charge in [-0.3, -0.25) is 9.59 Å². The number of thiophene rings is 1. The van der Waals surface area contributed by atoms with Gasteiger partial charge in [0.05, 0.1) is 10.0 Å². The number of carbonyl (C=O) groups is 2. The lowest BCUT2D eigenvalue weighted by atomic mass is 10.1. The fourth-order valence-corrected chi connectivity index (χ4v) is 4.59. The molecular formula is C24H22Cl2N2O2S2. The number of halogens is 2. The number of aryl methyl sites for hydroxylation is 1. The first kappa shape index (κ1) is 24.4. The Balaban J connectivity index is 1.56. The Labute approximate surface area is 206 Å². The number of benzene rings is 2. The van der Waals surface area contributed by atoms with Gasteiger partial charge in [-0.1, -0.05) is 53.0 Å². The van der Waals surface area contributed by atoms with Crippen molar-refractivity contribution < 1.29 is 9.59 Å². The summed E-state index contributed by atoms with van der Waals surface area (Å²) in [4.78, 5) is 26.3. The zero-order valence-electron chi connectivity index (χ0n) is 17.4. The van der Waals surface area contributed by atoms with E-state index in [2.05, 4.69) is 10.6 Å². The minimum absolute atomic E-state index is 0.216. The molecule has 2 amide bonds. The summed E-state index contributed by atoms with van der Waals surface area (Å²) < 4.78 is 0. The fourth-order valence-electron chi connectivity index (χ4n) is 2.81. The number of nitrogens with one attached hydrogen (secondary N) is 2. The highest BCUT2D eigenvalue weighted by molar-refractivity contribution is 7.98. The zero-order chi connectivity index (χ0) is 22.9. The van der Waals surface area contributed by atoms with E-state index in [0.29, 0.717) is 27.9 Å². The smallest absolute Gasteiger partial charge is 0.267 e. The molecule has 0 bridgehead atoms. The maximum absolute atomic E-state index is 12.8. The Bertz CT molecular complexity index is 1110. The predicted molar refractivity (Wildman–Crippen MR) is 137 cm³/mol. The van der Waals surface area contributed by atoms with Crippen LogP contribution in [0.1, 0.15) is 26.4 Å². The van der Waals surface area contributed by atoms with Gasteiger partial charge in [0.25, 0.3) is 11.8 Å². The first-order chi connectivity index (χ1) is 15.4. The topological polar surface area (TPSA) is 58.2 Å². The second kappa shape index (κ2) is 12.1. The minimum Gasteiger partial charge on any atom is -0.350 e. The Morgan fingerprint density at radius 1 is 1.06 bits per heavy atom. The van der Waals surface area contributed by atoms with E-state index in [1.54, 1.807) is 36.0 Å². The van der Waals surface area contributed by atoms with Crippen molar-refractivity contribution in [2.45, 2.75) is 12.7 Å². The van der Waals surface area contributed by atoms with Crippen molar-refractivity contribution in [1.29, 1.82) is 0 Å². The second-order valence-electron chi connectivity index (χ2n) is 6.95. The molecule has 0 saturated carbocycles. The third-order valence-corrected chi connectivity index (χ3v) is 6.98. The molecule has 8 heteroatoms. The third-order valence-electron chi connectivity index (χ3n) is 4.39. The Morgan fingerprint density at radius 3 is 2.62 bits per heavy atom. The van der Waals surface area contributed by atoms with E-state index in [-0.39, 0.29) is 17.5 Å². The van der Waals surface area contributed by atoms with Gasteiger partial charge in [0.2, 0.25) is 0 Å². The average molecular weight is 505 g/mol. The molecule has 0 aliphatic heterocycles. The van der Waals surface area contributed by atoms with Crippen LogP contribution in [0.2, 0.25) is 10.0 Å². The van der Waals surface area contributed by atoms with Gasteiger partial charge in [-0.15, -0.1) is 11.3 Å². The van der Waals surface area contributed by atoms with Crippen LogP contribution in [-0.4, -0.2) is 24.1 Å². The molecule has 1 heterocycles. The summed E-state index contributed by atoms with van der Waals surface area (Å²) in [6.45, 7) is 2.38. The molecule has 0 saturated heterocycles. The Kier molecular flexibility index (Phi) is 9.23. The molecule has 4 nitrogen and oxygen atoms in total. The first-order valence-electron chi connectivity index (χ1n) is 9.85. The van der Waals surface area contributed by atoms with Gasteiger partial charge in [0, 0.05) is 28.5 Å². The van der Waals surface area contributed by atoms with Crippen molar-refractivity contribution in [3.05, 3.63) is 97.3 Å². The van der Waals surface area contributed by atoms with Crippen LogP contribution in [0.5, 0.6) is 0 Å². The summed E-state index contributed by atoms with van der Waals surface area (Å²) in [5.74, 6) is 0.828. The molecule has 0 spiro atoms. The molecule has 1 aromatic heterocycles. The van der Waals surface area contributed by atoms with Crippen molar-refractivity contribution in [2.75, 3.05) is 12.3 Å². The van der Waals surface area contributed by atoms with E-state index in [1.165, 1.54) is 11.3 Å². The van der Waals surface area contributed by atoms with Gasteiger partial charge >= 0.3 is 0 Å². The van der Waals surface area contributed by atoms with E-state index >= 15 is 0 Å². The SMILES string of the molecule is Cc1cccc(C(=O)N/C(=C\c2cccs2)C(=O)NCCSCc2ccc(Cl)c(Cl)c2)c1. The molecule has 3 rings (SSSR count). The number of carbonyl (C=O) groups excluding carboxylic acids is 2. The van der Waals surface area contributed by atoms with E-state index < -0.39 is 0 Å². The highest BCUT2D eigenvalue weighted by atomic mass is 35.5. The second-order valence-corrected chi connectivity index (χ2v) is 9.85. The molecule has 166 valence electrons. The van der Waals surface area contributed by atoms with Crippen molar-refractivity contribution in [3.63, 3.8) is 0 Å². The fraction of sp³-hybridized carbons (Fsp3) is 0.167. The van der Waals surface area contributed by atoms with E-state index in [0.717, 1.165) is 21.8 Å². The summed E-state index contributed by atoms with van der Waals surface area (Å²) in [5, 5.41) is 8.63. The van der Waals surface area contributed by atoms with E-state index in [4.69, 9.17) is 23.2 Å². The Morgan fingerprint density at radius 2 is 1.91 bits per heavy atom. The van der Waals surface area contributed by atoms with Gasteiger partial charge in [0.1, 0.15) is 5.70 Å². The van der Waals surface area contributed by atoms with Crippen LogP contribution in [0.25, 0.3) is 6.08 Å². The lowest BCUT2D eigenvalue weighted by Gasteiger charge is -2.11. The van der Waals surface area contributed by atoms with Crippen molar-refractivity contribution >= 4 is 64.2 Å². The number of hydrogen-bond acceptors (Lipinski definition) is 4. The molecule has 2 N–H and O–H groups in total. The number of thioether (sulfide) groups is 1. The maximum Gasteiger partial charge on any atom is 0.267 e. The molecule has 0 fully saturated rings. The van der Waals surface area contributed by atoms with Gasteiger partial charge in [-0.2, -0.15) is 11.8 Å². The van der Waals surface area contributed by atoms with Gasteiger partial charge in [-0.05, 0) is 54.3 Å². The lowest BCUT2D eigenvalue weighted by molar-refractivity contribution is -0.117. The average Bonchev–Trinajstić information content (AvgIpc) is 3.28. The molecule has 0 radical (unpaired) electrons. The molecule has 2 aromatic carbocycles. The van der Waals surface area contributed by atoms with Crippen molar-refractivity contribution in [1.82, 2.24) is 10.6 Å². The zero-order valence-corrected chi connectivity index (χ0v) is 20.5. The molecular weight excluding hydrogens is 483 g/mol. The summed E-state index contributed by atoms with van der Waals surface area (Å²) >= 11 is 15.2. The molecule has 0 aliphatic rings. The lowest BCUT2D eigenvalue weighted by Crippen LogP contribution is -2.35. The van der Waals surface area contributed by atoms with Crippen LogP contribution in [0, 0.1) is 6.92 Å². The standard InChI is InChI=1S/C24H22Cl2N2O2S2/c1-16-4-2-5-18(12-16)23(29)28-22(14-19-6-3-10-32-19)24(30)27-9-11-31-15-17-7-8-20(25)21(26)13-17/h2-8,10,12-14H,9,11,15H2,1H3,(H,27,30)(H,28,29)/b22-14-.